The fourth-order valence-corrected chi connectivity index (χ4v) is 3.72. The van der Waals surface area contributed by atoms with Crippen LogP contribution in [0.1, 0.15) is 5.56 Å². The Morgan fingerprint density at radius 2 is 1.96 bits per heavy atom. The Kier molecular flexibility index (Phi) is 5.99. The highest BCUT2D eigenvalue weighted by molar-refractivity contribution is 9.10. The number of anilines is 1. The second-order valence-electron chi connectivity index (χ2n) is 5.86. The molecule has 128 valence electrons. The largest absolute Gasteiger partial charge is 0.322 e. The molecular weight excluding hydrogens is 393 g/mol. The van der Waals surface area contributed by atoms with Crippen LogP contribution in [0.25, 0.3) is 0 Å². The summed E-state index contributed by atoms with van der Waals surface area (Å²) in [7, 11) is 0. The van der Waals surface area contributed by atoms with Gasteiger partial charge in [-0.3, -0.25) is 14.6 Å². The van der Waals surface area contributed by atoms with E-state index in [9.17, 15) is 9.18 Å². The zero-order valence-corrected chi connectivity index (χ0v) is 15.6. The van der Waals surface area contributed by atoms with Crippen LogP contribution in [0, 0.1) is 5.82 Å². The van der Waals surface area contributed by atoms with Crippen molar-refractivity contribution in [1.82, 2.24) is 9.80 Å². The number of nitrogens with zero attached hydrogens (tertiary/aromatic N) is 2. The maximum atomic E-state index is 13.8. The van der Waals surface area contributed by atoms with Gasteiger partial charge in [-0.25, -0.2) is 4.39 Å². The number of carbonyl (C=O) groups is 1. The third-order valence-electron chi connectivity index (χ3n) is 4.02. The van der Waals surface area contributed by atoms with Crippen LogP contribution >= 0.6 is 27.3 Å². The van der Waals surface area contributed by atoms with Gasteiger partial charge < -0.3 is 5.32 Å². The number of halogens is 2. The third-order valence-corrected chi connectivity index (χ3v) is 5.25. The molecule has 2 aromatic rings. The molecule has 4 nitrogen and oxygen atoms in total. The lowest BCUT2D eigenvalue weighted by Crippen LogP contribution is -2.48. The van der Waals surface area contributed by atoms with Crippen molar-refractivity contribution in [2.75, 3.05) is 38.0 Å². The second kappa shape index (κ2) is 8.20. The Bertz CT molecular complexity index is 687. The number of nitrogens with one attached hydrogen (secondary N) is 1. The molecule has 0 spiro atoms. The van der Waals surface area contributed by atoms with E-state index < -0.39 is 5.82 Å². The summed E-state index contributed by atoms with van der Waals surface area (Å²) in [5, 5.41) is 6.91. The van der Waals surface area contributed by atoms with E-state index in [1.807, 2.05) is 0 Å². The molecule has 7 heteroatoms. The van der Waals surface area contributed by atoms with Gasteiger partial charge in [0, 0.05) is 37.2 Å². The summed E-state index contributed by atoms with van der Waals surface area (Å²) in [5.74, 6) is -0.610. The van der Waals surface area contributed by atoms with Gasteiger partial charge in [-0.15, -0.1) is 0 Å². The van der Waals surface area contributed by atoms with E-state index in [0.29, 0.717) is 11.0 Å². The number of benzene rings is 1. The number of hydrogen-bond donors (Lipinski definition) is 1. The van der Waals surface area contributed by atoms with Crippen LogP contribution in [0.15, 0.2) is 39.5 Å². The highest BCUT2D eigenvalue weighted by atomic mass is 79.9. The van der Waals surface area contributed by atoms with Crippen LogP contribution in [0.2, 0.25) is 0 Å². The fourth-order valence-electron chi connectivity index (χ4n) is 2.73. The van der Waals surface area contributed by atoms with Gasteiger partial charge in [0.1, 0.15) is 5.82 Å². The number of amides is 1. The molecule has 0 saturated carbocycles. The van der Waals surface area contributed by atoms with Crippen LogP contribution in [0.5, 0.6) is 0 Å². The van der Waals surface area contributed by atoms with Gasteiger partial charge in [0.15, 0.2) is 0 Å². The molecule has 1 fully saturated rings. The van der Waals surface area contributed by atoms with Gasteiger partial charge in [0.2, 0.25) is 5.91 Å². The molecule has 1 saturated heterocycles. The van der Waals surface area contributed by atoms with E-state index in [0.717, 1.165) is 32.7 Å². The number of hydrogen-bond acceptors (Lipinski definition) is 4. The summed E-state index contributed by atoms with van der Waals surface area (Å²) in [6.07, 6.45) is 0. The van der Waals surface area contributed by atoms with Gasteiger partial charge in [-0.2, -0.15) is 11.3 Å². The van der Waals surface area contributed by atoms with Crippen molar-refractivity contribution in [3.8, 4) is 0 Å². The summed E-state index contributed by atoms with van der Waals surface area (Å²) >= 11 is 4.92. The standard InChI is InChI=1S/C17H19BrFN3OS/c18-14-1-2-16(15(19)9-14)20-17(23)11-22-6-4-21(5-7-22)10-13-3-8-24-12-13/h1-3,8-9,12H,4-7,10-11H2,(H,20,23). The average Bonchev–Trinajstić information content (AvgIpc) is 3.05. The summed E-state index contributed by atoms with van der Waals surface area (Å²) < 4.78 is 14.4. The van der Waals surface area contributed by atoms with Crippen molar-refractivity contribution in [2.24, 2.45) is 0 Å². The van der Waals surface area contributed by atoms with Crippen LogP contribution in [0.3, 0.4) is 0 Å². The first-order valence-electron chi connectivity index (χ1n) is 7.81. The predicted molar refractivity (Wildman–Crippen MR) is 98.8 cm³/mol. The third kappa shape index (κ3) is 4.86. The molecule has 0 unspecified atom stereocenters. The fraction of sp³-hybridized carbons (Fsp3) is 0.353. The molecule has 0 atom stereocenters. The van der Waals surface area contributed by atoms with E-state index in [1.165, 1.54) is 11.6 Å². The van der Waals surface area contributed by atoms with Crippen molar-refractivity contribution in [2.45, 2.75) is 6.54 Å². The normalized spacial score (nSPS) is 16.2. The smallest absolute Gasteiger partial charge is 0.238 e. The Labute approximate surface area is 153 Å². The summed E-state index contributed by atoms with van der Waals surface area (Å²) in [6, 6.07) is 6.77. The molecule has 1 N–H and O–H groups in total. The van der Waals surface area contributed by atoms with Crippen LogP contribution in [-0.2, 0) is 11.3 Å². The van der Waals surface area contributed by atoms with Crippen molar-refractivity contribution >= 4 is 38.9 Å². The van der Waals surface area contributed by atoms with E-state index >= 15 is 0 Å². The summed E-state index contributed by atoms with van der Waals surface area (Å²) in [5.41, 5.74) is 1.57. The Morgan fingerprint density at radius 1 is 1.21 bits per heavy atom. The average molecular weight is 412 g/mol. The number of rotatable bonds is 5. The summed E-state index contributed by atoms with van der Waals surface area (Å²) in [6.45, 7) is 4.84. The molecule has 1 aliphatic rings. The molecular formula is C17H19BrFN3OS. The molecule has 0 aliphatic carbocycles. The van der Waals surface area contributed by atoms with Crippen molar-refractivity contribution in [1.29, 1.82) is 0 Å². The first-order valence-corrected chi connectivity index (χ1v) is 9.54. The maximum Gasteiger partial charge on any atom is 0.238 e. The molecule has 0 radical (unpaired) electrons. The lowest BCUT2D eigenvalue weighted by atomic mass is 10.2. The number of carbonyl (C=O) groups excluding carboxylic acids is 1. The zero-order valence-electron chi connectivity index (χ0n) is 13.2. The van der Waals surface area contributed by atoms with Gasteiger partial charge in [0.05, 0.1) is 12.2 Å². The predicted octanol–water partition coefficient (Wildman–Crippen LogP) is 3.41. The number of thiophene rings is 1. The van der Waals surface area contributed by atoms with Gasteiger partial charge in [-0.05, 0) is 40.6 Å². The highest BCUT2D eigenvalue weighted by Crippen LogP contribution is 2.19. The van der Waals surface area contributed by atoms with Gasteiger partial charge in [0.25, 0.3) is 0 Å². The highest BCUT2D eigenvalue weighted by Gasteiger charge is 2.19. The van der Waals surface area contributed by atoms with Crippen molar-refractivity contribution in [3.05, 3.63) is 50.9 Å². The molecule has 1 aromatic heterocycles. The first kappa shape index (κ1) is 17.5. The van der Waals surface area contributed by atoms with Crippen LogP contribution < -0.4 is 5.32 Å². The monoisotopic (exact) mass is 411 g/mol. The quantitative estimate of drug-likeness (QED) is 0.818. The van der Waals surface area contributed by atoms with Crippen molar-refractivity contribution in [3.63, 3.8) is 0 Å². The van der Waals surface area contributed by atoms with E-state index in [-0.39, 0.29) is 11.6 Å². The zero-order chi connectivity index (χ0) is 16.9. The summed E-state index contributed by atoms with van der Waals surface area (Å²) in [4.78, 5) is 16.6. The molecule has 1 aliphatic heterocycles. The minimum atomic E-state index is -0.432. The van der Waals surface area contributed by atoms with Crippen LogP contribution in [0.4, 0.5) is 10.1 Å². The molecule has 2 heterocycles. The minimum absolute atomic E-state index is 0.178. The van der Waals surface area contributed by atoms with Gasteiger partial charge >= 0.3 is 0 Å². The molecule has 1 aromatic carbocycles. The molecule has 0 bridgehead atoms. The first-order chi connectivity index (χ1) is 11.6. The Balaban J connectivity index is 1.44. The van der Waals surface area contributed by atoms with Crippen LogP contribution in [-0.4, -0.2) is 48.4 Å². The van der Waals surface area contributed by atoms with E-state index in [1.54, 1.807) is 23.5 Å². The lowest BCUT2D eigenvalue weighted by molar-refractivity contribution is -0.117. The molecule has 24 heavy (non-hydrogen) atoms. The number of piperazine rings is 1. The maximum absolute atomic E-state index is 13.8. The Hall–Kier alpha value is -1.28. The van der Waals surface area contributed by atoms with Crippen molar-refractivity contribution < 1.29 is 9.18 Å². The SMILES string of the molecule is O=C(CN1CCN(Cc2ccsc2)CC1)Nc1ccc(Br)cc1F. The minimum Gasteiger partial charge on any atom is -0.322 e. The van der Waals surface area contributed by atoms with E-state index in [4.69, 9.17) is 0 Å². The second-order valence-corrected chi connectivity index (χ2v) is 7.55. The topological polar surface area (TPSA) is 35.6 Å². The van der Waals surface area contributed by atoms with Gasteiger partial charge in [-0.1, -0.05) is 15.9 Å². The lowest BCUT2D eigenvalue weighted by Gasteiger charge is -2.34. The molecule has 1 amide bonds. The molecule has 3 rings (SSSR count). The Morgan fingerprint density at radius 3 is 2.62 bits per heavy atom. The van der Waals surface area contributed by atoms with E-state index in [2.05, 4.69) is 47.9 Å².